The third-order valence-electron chi connectivity index (χ3n) is 3.32. The highest BCUT2D eigenvalue weighted by molar-refractivity contribution is 5.90. The third-order valence-corrected chi connectivity index (χ3v) is 3.32. The van der Waals surface area contributed by atoms with E-state index in [1.807, 2.05) is 27.7 Å². The van der Waals surface area contributed by atoms with Gasteiger partial charge >= 0.3 is 0 Å². The number of nitrogens with zero attached hydrogens (tertiary/aromatic N) is 2. The summed E-state index contributed by atoms with van der Waals surface area (Å²) < 4.78 is 0. The van der Waals surface area contributed by atoms with Crippen LogP contribution in [0.4, 0.5) is 0 Å². The lowest BCUT2D eigenvalue weighted by Crippen LogP contribution is -2.36. The van der Waals surface area contributed by atoms with Gasteiger partial charge in [-0.2, -0.15) is 0 Å². The van der Waals surface area contributed by atoms with E-state index >= 15 is 0 Å². The number of carbonyl (C=O) groups is 1. The number of nitrogens with one attached hydrogen (secondary N) is 2. The number of aliphatic hydroxyl groups is 1. The molecule has 1 amide bonds. The molecule has 6 heteroatoms. The Morgan fingerprint density at radius 2 is 2.00 bits per heavy atom. The first-order valence-electron chi connectivity index (χ1n) is 6.88. The van der Waals surface area contributed by atoms with Crippen LogP contribution in [0.1, 0.15) is 62.9 Å². The molecule has 0 saturated heterocycles. The minimum absolute atomic E-state index is 0.125. The summed E-state index contributed by atoms with van der Waals surface area (Å²) in [5, 5.41) is 19.2. The minimum atomic E-state index is -0.525. The summed E-state index contributed by atoms with van der Waals surface area (Å²) in [6.45, 7) is 8.24. The van der Waals surface area contributed by atoms with Crippen LogP contribution in [0.15, 0.2) is 0 Å². The fraction of sp³-hybridized carbons (Fsp3) is 0.769. The maximum atomic E-state index is 11.8. The van der Waals surface area contributed by atoms with Crippen LogP contribution in [0.5, 0.6) is 0 Å². The van der Waals surface area contributed by atoms with E-state index in [1.54, 1.807) is 0 Å². The Bertz CT molecular complexity index is 399. The van der Waals surface area contributed by atoms with Crippen LogP contribution in [0.3, 0.4) is 0 Å². The molecule has 0 bridgehead atoms. The summed E-state index contributed by atoms with van der Waals surface area (Å²) in [5.41, 5.74) is 0. The maximum absolute atomic E-state index is 11.8. The summed E-state index contributed by atoms with van der Waals surface area (Å²) in [6.07, 6.45) is 1.26. The first kappa shape index (κ1) is 15.6. The highest BCUT2D eigenvalue weighted by Gasteiger charge is 2.18. The normalized spacial score (nSPS) is 13.0. The first-order valence-corrected chi connectivity index (χ1v) is 6.88. The summed E-state index contributed by atoms with van der Waals surface area (Å²) in [5.74, 6) is 0.863. The molecule has 1 heterocycles. The molecule has 1 aromatic rings. The number of hydrogen-bond donors (Lipinski definition) is 3. The number of hydrogen-bond acceptors (Lipinski definition) is 4. The van der Waals surface area contributed by atoms with Crippen LogP contribution < -0.4 is 5.32 Å². The van der Waals surface area contributed by atoms with Gasteiger partial charge in [0.2, 0.25) is 5.82 Å². The molecule has 1 unspecified atom stereocenters. The zero-order chi connectivity index (χ0) is 14.4. The van der Waals surface area contributed by atoms with Crippen molar-refractivity contribution in [2.45, 2.75) is 52.6 Å². The average Bonchev–Trinajstić information content (AvgIpc) is 2.87. The van der Waals surface area contributed by atoms with Crippen LogP contribution in [0.2, 0.25) is 0 Å². The predicted molar refractivity (Wildman–Crippen MR) is 72.9 cm³/mol. The quantitative estimate of drug-likeness (QED) is 0.698. The molecular formula is C13H24N4O2. The molecular weight excluding hydrogens is 244 g/mol. The Balaban J connectivity index is 2.50. The number of aliphatic hydroxyl groups excluding tert-OH is 1. The average molecular weight is 268 g/mol. The van der Waals surface area contributed by atoms with Gasteiger partial charge in [-0.25, -0.2) is 4.98 Å². The monoisotopic (exact) mass is 268 g/mol. The van der Waals surface area contributed by atoms with Gasteiger partial charge in [0.1, 0.15) is 5.82 Å². The van der Waals surface area contributed by atoms with E-state index in [0.717, 1.165) is 12.8 Å². The second-order valence-corrected chi connectivity index (χ2v) is 5.05. The van der Waals surface area contributed by atoms with Crippen molar-refractivity contribution in [3.05, 3.63) is 11.6 Å². The Labute approximate surface area is 114 Å². The molecule has 0 aliphatic rings. The third kappa shape index (κ3) is 4.31. The van der Waals surface area contributed by atoms with E-state index in [2.05, 4.69) is 20.5 Å². The van der Waals surface area contributed by atoms with Gasteiger partial charge in [-0.15, -0.1) is 5.10 Å². The smallest absolute Gasteiger partial charge is 0.291 e. The zero-order valence-corrected chi connectivity index (χ0v) is 12.1. The second kappa shape index (κ2) is 7.23. The molecule has 0 spiro atoms. The van der Waals surface area contributed by atoms with Crippen LogP contribution in [-0.4, -0.2) is 38.8 Å². The van der Waals surface area contributed by atoms with E-state index in [-0.39, 0.29) is 30.1 Å². The maximum Gasteiger partial charge on any atom is 0.291 e. The van der Waals surface area contributed by atoms with Crippen molar-refractivity contribution in [1.82, 2.24) is 20.5 Å². The molecule has 0 aliphatic carbocycles. The topological polar surface area (TPSA) is 90.9 Å². The Kier molecular flexibility index (Phi) is 5.95. The van der Waals surface area contributed by atoms with Crippen molar-refractivity contribution in [3.8, 4) is 0 Å². The van der Waals surface area contributed by atoms with E-state index in [1.165, 1.54) is 0 Å². The summed E-state index contributed by atoms with van der Waals surface area (Å²) >= 11 is 0. The lowest BCUT2D eigenvalue weighted by atomic mass is 9.96. The standard InChI is InChI=1S/C13H24N4O2/c1-5-9(6-2)10(18)7-14-13(19)12-15-11(8(3)4)16-17-12/h8-10,18H,5-7H2,1-4H3,(H,14,19)(H,15,16,17). The summed E-state index contributed by atoms with van der Waals surface area (Å²) in [7, 11) is 0. The first-order chi connectivity index (χ1) is 8.99. The molecule has 1 rings (SSSR count). The summed E-state index contributed by atoms with van der Waals surface area (Å²) in [4.78, 5) is 15.9. The number of aromatic nitrogens is 3. The zero-order valence-electron chi connectivity index (χ0n) is 12.1. The van der Waals surface area contributed by atoms with Gasteiger partial charge in [0.05, 0.1) is 6.10 Å². The molecule has 6 nitrogen and oxygen atoms in total. The molecule has 0 radical (unpaired) electrons. The van der Waals surface area contributed by atoms with Crippen molar-refractivity contribution in [1.29, 1.82) is 0 Å². The van der Waals surface area contributed by atoms with Crippen molar-refractivity contribution in [2.75, 3.05) is 6.54 Å². The lowest BCUT2D eigenvalue weighted by Gasteiger charge is -2.19. The molecule has 3 N–H and O–H groups in total. The van der Waals surface area contributed by atoms with Gasteiger partial charge in [0.15, 0.2) is 0 Å². The molecule has 1 aromatic heterocycles. The van der Waals surface area contributed by atoms with Crippen molar-refractivity contribution in [3.63, 3.8) is 0 Å². The van der Waals surface area contributed by atoms with Crippen LogP contribution in [0.25, 0.3) is 0 Å². The Morgan fingerprint density at radius 1 is 1.37 bits per heavy atom. The van der Waals surface area contributed by atoms with Gasteiger partial charge in [-0.3, -0.25) is 9.89 Å². The number of aromatic amines is 1. The minimum Gasteiger partial charge on any atom is -0.391 e. The summed E-state index contributed by atoms with van der Waals surface area (Å²) in [6, 6.07) is 0. The molecule has 19 heavy (non-hydrogen) atoms. The van der Waals surface area contributed by atoms with Crippen LogP contribution in [-0.2, 0) is 0 Å². The largest absolute Gasteiger partial charge is 0.391 e. The number of rotatable bonds is 7. The molecule has 108 valence electrons. The lowest BCUT2D eigenvalue weighted by molar-refractivity contribution is 0.0809. The van der Waals surface area contributed by atoms with Crippen molar-refractivity contribution >= 4 is 5.91 Å². The van der Waals surface area contributed by atoms with E-state index in [0.29, 0.717) is 5.82 Å². The molecule has 0 saturated carbocycles. The van der Waals surface area contributed by atoms with Crippen LogP contribution >= 0.6 is 0 Å². The predicted octanol–water partition coefficient (Wildman–Crippen LogP) is 1.45. The fourth-order valence-corrected chi connectivity index (χ4v) is 1.91. The van der Waals surface area contributed by atoms with E-state index in [4.69, 9.17) is 0 Å². The van der Waals surface area contributed by atoms with Gasteiger partial charge < -0.3 is 10.4 Å². The van der Waals surface area contributed by atoms with Gasteiger partial charge in [-0.1, -0.05) is 40.5 Å². The highest BCUT2D eigenvalue weighted by atomic mass is 16.3. The Morgan fingerprint density at radius 3 is 2.47 bits per heavy atom. The number of carbonyl (C=O) groups excluding carboxylic acids is 1. The fourth-order valence-electron chi connectivity index (χ4n) is 1.91. The van der Waals surface area contributed by atoms with E-state index < -0.39 is 6.10 Å². The van der Waals surface area contributed by atoms with Gasteiger partial charge in [0.25, 0.3) is 5.91 Å². The Hall–Kier alpha value is -1.43. The molecule has 0 aliphatic heterocycles. The van der Waals surface area contributed by atoms with Crippen LogP contribution in [0, 0.1) is 5.92 Å². The number of amides is 1. The molecule has 0 fully saturated rings. The highest BCUT2D eigenvalue weighted by Crippen LogP contribution is 2.12. The van der Waals surface area contributed by atoms with Gasteiger partial charge in [-0.05, 0) is 5.92 Å². The number of H-pyrrole nitrogens is 1. The second-order valence-electron chi connectivity index (χ2n) is 5.05. The molecule has 0 aromatic carbocycles. The van der Waals surface area contributed by atoms with E-state index in [9.17, 15) is 9.90 Å². The SMILES string of the molecule is CCC(CC)C(O)CNC(=O)c1n[nH]c(C(C)C)n1. The van der Waals surface area contributed by atoms with Crippen molar-refractivity contribution in [2.24, 2.45) is 5.92 Å². The molecule has 1 atom stereocenters. The van der Waals surface area contributed by atoms with Gasteiger partial charge in [0, 0.05) is 12.5 Å². The van der Waals surface area contributed by atoms with Crippen molar-refractivity contribution < 1.29 is 9.90 Å².